The summed E-state index contributed by atoms with van der Waals surface area (Å²) in [5.41, 5.74) is 1.17. The van der Waals surface area contributed by atoms with Gasteiger partial charge >= 0.3 is 6.03 Å². The molecule has 8 nitrogen and oxygen atoms in total. The molecule has 1 saturated heterocycles. The van der Waals surface area contributed by atoms with E-state index in [0.717, 1.165) is 58.2 Å². The van der Waals surface area contributed by atoms with Crippen LogP contribution in [0.15, 0.2) is 34.9 Å². The van der Waals surface area contributed by atoms with Crippen LogP contribution < -0.4 is 16.0 Å². The molecule has 1 aliphatic heterocycles. The number of carbonyl (C=O) groups is 2. The van der Waals surface area contributed by atoms with Gasteiger partial charge in [-0.1, -0.05) is 17.3 Å². The van der Waals surface area contributed by atoms with E-state index < -0.39 is 0 Å². The van der Waals surface area contributed by atoms with Crippen molar-refractivity contribution in [2.24, 2.45) is 11.8 Å². The van der Waals surface area contributed by atoms with Gasteiger partial charge in [0.25, 0.3) is 0 Å². The largest absolute Gasteiger partial charge is 0.360 e. The highest BCUT2D eigenvalue weighted by Gasteiger charge is 2.34. The summed E-state index contributed by atoms with van der Waals surface area (Å²) in [6.07, 6.45) is 5.68. The van der Waals surface area contributed by atoms with Gasteiger partial charge in [0.05, 0.1) is 0 Å². The molecule has 3 amide bonds. The average molecular weight is 486 g/mol. The van der Waals surface area contributed by atoms with Crippen molar-refractivity contribution in [3.8, 4) is 0 Å². The molecular weight excluding hydrogens is 449 g/mol. The number of hydrogen-bond donors (Lipinski definition) is 3. The Hall–Kier alpha value is -2.94. The Balaban J connectivity index is 1.36. The van der Waals surface area contributed by atoms with Crippen LogP contribution in [-0.4, -0.2) is 53.7 Å². The maximum absolute atomic E-state index is 13.3. The van der Waals surface area contributed by atoms with Crippen molar-refractivity contribution in [2.75, 3.05) is 25.0 Å². The fourth-order valence-corrected chi connectivity index (χ4v) is 5.59. The number of carbonyl (C=O) groups excluding carboxylic acids is 2. The number of anilines is 1. The van der Waals surface area contributed by atoms with Crippen LogP contribution in [0, 0.1) is 24.6 Å². The van der Waals surface area contributed by atoms with E-state index in [9.17, 15) is 14.0 Å². The SMILES string of the molecule is CC(=O)N[C@@H]1CC[C@@H](NC(=O)Nc2cc(C)on2)[C@H](CN2CCC[C@@H](Cc3ccc(F)cc3)C2)C1. The van der Waals surface area contributed by atoms with Crippen LogP contribution in [0.5, 0.6) is 0 Å². The molecule has 1 aromatic carbocycles. The maximum atomic E-state index is 13.3. The number of benzene rings is 1. The van der Waals surface area contributed by atoms with Crippen molar-refractivity contribution in [1.82, 2.24) is 20.7 Å². The molecule has 0 radical (unpaired) electrons. The molecule has 3 N–H and O–H groups in total. The molecular formula is C26H36FN5O3. The molecule has 2 aliphatic rings. The first-order valence-corrected chi connectivity index (χ1v) is 12.6. The Labute approximate surface area is 206 Å². The highest BCUT2D eigenvalue weighted by atomic mass is 19.1. The zero-order valence-electron chi connectivity index (χ0n) is 20.6. The second-order valence-corrected chi connectivity index (χ2v) is 10.1. The van der Waals surface area contributed by atoms with Crippen LogP contribution in [0.3, 0.4) is 0 Å². The second kappa shape index (κ2) is 11.7. The lowest BCUT2D eigenvalue weighted by atomic mass is 9.80. The molecule has 4 rings (SSSR count). The van der Waals surface area contributed by atoms with Crippen LogP contribution >= 0.6 is 0 Å². The quantitative estimate of drug-likeness (QED) is 0.553. The van der Waals surface area contributed by atoms with Gasteiger partial charge < -0.3 is 20.1 Å². The van der Waals surface area contributed by atoms with Gasteiger partial charge in [0.2, 0.25) is 5.91 Å². The van der Waals surface area contributed by atoms with Crippen LogP contribution in [-0.2, 0) is 11.2 Å². The van der Waals surface area contributed by atoms with Crippen molar-refractivity contribution in [1.29, 1.82) is 0 Å². The topological polar surface area (TPSA) is 99.5 Å². The Kier molecular flexibility index (Phi) is 8.38. The number of halogens is 1. The third-order valence-corrected chi connectivity index (χ3v) is 7.11. The van der Waals surface area contributed by atoms with Gasteiger partial charge in [-0.05, 0) is 81.5 Å². The molecule has 0 bridgehead atoms. The number of nitrogens with zero attached hydrogens (tertiary/aromatic N) is 2. The van der Waals surface area contributed by atoms with Gasteiger partial charge in [-0.2, -0.15) is 0 Å². The summed E-state index contributed by atoms with van der Waals surface area (Å²) < 4.78 is 18.3. The summed E-state index contributed by atoms with van der Waals surface area (Å²) >= 11 is 0. The highest BCUT2D eigenvalue weighted by Crippen LogP contribution is 2.29. The summed E-state index contributed by atoms with van der Waals surface area (Å²) in [4.78, 5) is 26.8. The molecule has 2 heterocycles. The number of aromatic nitrogens is 1. The number of aryl methyl sites for hydroxylation is 1. The maximum Gasteiger partial charge on any atom is 0.320 e. The highest BCUT2D eigenvalue weighted by molar-refractivity contribution is 5.88. The van der Waals surface area contributed by atoms with Gasteiger partial charge in [-0.15, -0.1) is 0 Å². The smallest absolute Gasteiger partial charge is 0.320 e. The van der Waals surface area contributed by atoms with E-state index in [1.165, 1.54) is 17.7 Å². The van der Waals surface area contributed by atoms with Crippen molar-refractivity contribution < 1.29 is 18.5 Å². The van der Waals surface area contributed by atoms with Gasteiger partial charge in [0.15, 0.2) is 5.82 Å². The molecule has 0 unspecified atom stereocenters. The number of urea groups is 1. The first kappa shape index (κ1) is 25.2. The number of likely N-dealkylation sites (tertiary alicyclic amines) is 1. The summed E-state index contributed by atoms with van der Waals surface area (Å²) in [5, 5.41) is 12.8. The lowest BCUT2D eigenvalue weighted by Gasteiger charge is -2.41. The van der Waals surface area contributed by atoms with Crippen LogP contribution in [0.25, 0.3) is 0 Å². The van der Waals surface area contributed by atoms with E-state index in [2.05, 4.69) is 26.0 Å². The fraction of sp³-hybridized carbons (Fsp3) is 0.577. The molecule has 0 spiro atoms. The molecule has 9 heteroatoms. The lowest BCUT2D eigenvalue weighted by molar-refractivity contribution is -0.120. The summed E-state index contributed by atoms with van der Waals surface area (Å²) in [5.74, 6) is 1.55. The van der Waals surface area contributed by atoms with E-state index in [1.54, 1.807) is 19.9 Å². The van der Waals surface area contributed by atoms with E-state index in [4.69, 9.17) is 4.52 Å². The number of nitrogens with one attached hydrogen (secondary N) is 3. The van der Waals surface area contributed by atoms with Crippen molar-refractivity contribution in [3.63, 3.8) is 0 Å². The van der Waals surface area contributed by atoms with E-state index in [0.29, 0.717) is 17.5 Å². The Morgan fingerprint density at radius 1 is 1.17 bits per heavy atom. The third-order valence-electron chi connectivity index (χ3n) is 7.11. The first-order valence-electron chi connectivity index (χ1n) is 12.6. The molecule has 190 valence electrons. The predicted octanol–water partition coefficient (Wildman–Crippen LogP) is 3.87. The van der Waals surface area contributed by atoms with E-state index in [1.807, 2.05) is 12.1 Å². The lowest BCUT2D eigenvalue weighted by Crippen LogP contribution is -2.53. The predicted molar refractivity (Wildman–Crippen MR) is 131 cm³/mol. The van der Waals surface area contributed by atoms with Crippen molar-refractivity contribution in [3.05, 3.63) is 47.5 Å². The second-order valence-electron chi connectivity index (χ2n) is 10.1. The Morgan fingerprint density at radius 3 is 2.69 bits per heavy atom. The minimum Gasteiger partial charge on any atom is -0.360 e. The number of amides is 3. The van der Waals surface area contributed by atoms with Crippen molar-refractivity contribution in [2.45, 2.75) is 64.5 Å². The molecule has 1 saturated carbocycles. The number of piperidine rings is 1. The summed E-state index contributed by atoms with van der Waals surface area (Å²) in [6, 6.07) is 8.33. The Bertz CT molecular complexity index is 995. The van der Waals surface area contributed by atoms with Crippen LogP contribution in [0.4, 0.5) is 15.0 Å². The number of rotatable bonds is 7. The third kappa shape index (κ3) is 7.52. The van der Waals surface area contributed by atoms with Crippen LogP contribution in [0.1, 0.15) is 50.4 Å². The van der Waals surface area contributed by atoms with Crippen LogP contribution in [0.2, 0.25) is 0 Å². The zero-order chi connectivity index (χ0) is 24.8. The van der Waals surface area contributed by atoms with E-state index >= 15 is 0 Å². The van der Waals surface area contributed by atoms with Gasteiger partial charge in [0, 0.05) is 38.2 Å². The molecule has 4 atom stereocenters. The monoisotopic (exact) mass is 485 g/mol. The summed E-state index contributed by atoms with van der Waals surface area (Å²) in [6.45, 7) is 6.20. The normalized spacial score (nSPS) is 25.1. The zero-order valence-corrected chi connectivity index (χ0v) is 20.6. The molecule has 2 fully saturated rings. The molecule has 2 aromatic rings. The standard InChI is InChI=1S/C26H36FN5O3/c1-17-12-25(31-35-17)30-26(34)29-24-10-9-23(28-18(2)33)14-21(24)16-32-11-3-4-20(15-32)13-19-5-7-22(27)8-6-19/h5-8,12,20-21,23-24H,3-4,9-11,13-16H2,1-2H3,(H,28,33)(H2,29,30,31,34)/t20-,21-,23+,24+/m0/s1. The first-order chi connectivity index (χ1) is 16.8. The van der Waals surface area contributed by atoms with Gasteiger partial charge in [-0.3, -0.25) is 10.1 Å². The van der Waals surface area contributed by atoms with Gasteiger partial charge in [0.1, 0.15) is 11.6 Å². The molecule has 35 heavy (non-hydrogen) atoms. The molecule has 1 aromatic heterocycles. The van der Waals surface area contributed by atoms with Gasteiger partial charge in [-0.25, -0.2) is 9.18 Å². The Morgan fingerprint density at radius 2 is 1.97 bits per heavy atom. The molecule has 1 aliphatic carbocycles. The van der Waals surface area contributed by atoms with E-state index in [-0.39, 0.29) is 35.8 Å². The minimum atomic E-state index is -0.292. The summed E-state index contributed by atoms with van der Waals surface area (Å²) in [7, 11) is 0. The average Bonchev–Trinajstić information content (AvgIpc) is 3.21. The fourth-order valence-electron chi connectivity index (χ4n) is 5.59. The van der Waals surface area contributed by atoms with Crippen molar-refractivity contribution >= 4 is 17.8 Å². The number of hydrogen-bond acceptors (Lipinski definition) is 5. The minimum absolute atomic E-state index is 0.00508.